The molecule has 3 rings (SSSR count). The fourth-order valence-corrected chi connectivity index (χ4v) is 2.21. The number of carbonyl (C=O) groups is 1. The topological polar surface area (TPSA) is 33.5 Å². The lowest BCUT2D eigenvalue weighted by Crippen LogP contribution is -2.09. The molecular formula is C17H14FNO2. The minimum atomic E-state index is -0.464. The third kappa shape index (κ3) is 2.40. The molecule has 0 aliphatic heterocycles. The van der Waals surface area contributed by atoms with Gasteiger partial charge < -0.3 is 9.32 Å². The van der Waals surface area contributed by atoms with Crippen molar-refractivity contribution in [3.63, 3.8) is 0 Å². The van der Waals surface area contributed by atoms with Crippen molar-refractivity contribution in [1.82, 2.24) is 0 Å². The molecule has 3 nitrogen and oxygen atoms in total. The lowest BCUT2D eigenvalue weighted by molar-refractivity contribution is 0.101. The van der Waals surface area contributed by atoms with Gasteiger partial charge in [-0.2, -0.15) is 0 Å². The number of furan rings is 1. The summed E-state index contributed by atoms with van der Waals surface area (Å²) < 4.78 is 19.0. The number of anilines is 1. The molecule has 0 bridgehead atoms. The van der Waals surface area contributed by atoms with Crippen LogP contribution in [0.4, 0.5) is 10.1 Å². The van der Waals surface area contributed by atoms with Crippen LogP contribution in [0.1, 0.15) is 16.1 Å². The van der Waals surface area contributed by atoms with E-state index in [1.165, 1.54) is 6.07 Å². The molecule has 0 aliphatic carbocycles. The quantitative estimate of drug-likeness (QED) is 0.684. The van der Waals surface area contributed by atoms with Gasteiger partial charge in [0.15, 0.2) is 17.2 Å². The lowest BCUT2D eigenvalue weighted by Gasteiger charge is -2.12. The number of benzene rings is 2. The van der Waals surface area contributed by atoms with Gasteiger partial charge in [-0.15, -0.1) is 0 Å². The van der Waals surface area contributed by atoms with E-state index in [4.69, 9.17) is 4.42 Å². The Morgan fingerprint density at radius 1 is 1.10 bits per heavy atom. The monoisotopic (exact) mass is 283 g/mol. The summed E-state index contributed by atoms with van der Waals surface area (Å²) in [6.07, 6.45) is 0. The molecule has 106 valence electrons. The third-order valence-electron chi connectivity index (χ3n) is 3.34. The van der Waals surface area contributed by atoms with E-state index in [-0.39, 0.29) is 17.1 Å². The van der Waals surface area contributed by atoms with Crippen molar-refractivity contribution in [1.29, 1.82) is 0 Å². The van der Waals surface area contributed by atoms with E-state index in [0.29, 0.717) is 10.9 Å². The molecule has 0 N–H and O–H groups in total. The lowest BCUT2D eigenvalue weighted by atomic mass is 10.1. The molecule has 0 spiro atoms. The van der Waals surface area contributed by atoms with E-state index in [1.807, 2.05) is 31.1 Å². The second-order valence-electron chi connectivity index (χ2n) is 5.04. The van der Waals surface area contributed by atoms with E-state index in [2.05, 4.69) is 0 Å². The number of hydrogen-bond acceptors (Lipinski definition) is 3. The molecule has 0 unspecified atom stereocenters. The number of ketones is 1. The van der Waals surface area contributed by atoms with Crippen LogP contribution in [0, 0.1) is 5.82 Å². The summed E-state index contributed by atoms with van der Waals surface area (Å²) in [6, 6.07) is 13.4. The predicted molar refractivity (Wildman–Crippen MR) is 80.4 cm³/mol. The van der Waals surface area contributed by atoms with Gasteiger partial charge in [0.05, 0.1) is 0 Å². The van der Waals surface area contributed by atoms with E-state index < -0.39 is 5.82 Å². The smallest absolute Gasteiger partial charge is 0.228 e. The van der Waals surface area contributed by atoms with Gasteiger partial charge in [-0.25, -0.2) is 4.39 Å². The Bertz CT molecular complexity index is 821. The highest BCUT2D eigenvalue weighted by Gasteiger charge is 2.16. The third-order valence-corrected chi connectivity index (χ3v) is 3.34. The van der Waals surface area contributed by atoms with Crippen LogP contribution in [0.15, 0.2) is 52.9 Å². The standard InChI is InChI=1S/C17H14FNO2/c1-19(2)13-7-3-5-11(9-13)16(20)15-10-12-6-4-8-14(18)17(12)21-15/h3-10H,1-2H3. The maximum absolute atomic E-state index is 13.6. The number of rotatable bonds is 3. The van der Waals surface area contributed by atoms with Crippen molar-refractivity contribution in [2.24, 2.45) is 0 Å². The SMILES string of the molecule is CN(C)c1cccc(C(=O)c2cc3cccc(F)c3o2)c1. The fourth-order valence-electron chi connectivity index (χ4n) is 2.21. The Morgan fingerprint density at radius 3 is 2.57 bits per heavy atom. The van der Waals surface area contributed by atoms with Crippen LogP contribution in [0.25, 0.3) is 11.0 Å². The van der Waals surface area contributed by atoms with E-state index in [9.17, 15) is 9.18 Å². The van der Waals surface area contributed by atoms with E-state index >= 15 is 0 Å². The molecule has 0 saturated heterocycles. The van der Waals surface area contributed by atoms with Gasteiger partial charge in [-0.3, -0.25) is 4.79 Å². The van der Waals surface area contributed by atoms with Gasteiger partial charge in [0.2, 0.25) is 5.78 Å². The number of halogens is 1. The maximum Gasteiger partial charge on any atom is 0.228 e. The minimum absolute atomic E-state index is 0.115. The van der Waals surface area contributed by atoms with Crippen molar-refractivity contribution in [2.45, 2.75) is 0 Å². The van der Waals surface area contributed by atoms with Gasteiger partial charge in [0.1, 0.15) is 0 Å². The molecule has 21 heavy (non-hydrogen) atoms. The van der Waals surface area contributed by atoms with Crippen LogP contribution in [0.5, 0.6) is 0 Å². The average molecular weight is 283 g/mol. The van der Waals surface area contributed by atoms with E-state index in [0.717, 1.165) is 5.69 Å². The molecule has 0 atom stereocenters. The minimum Gasteiger partial charge on any atom is -0.449 e. The van der Waals surface area contributed by atoms with Crippen LogP contribution in [-0.2, 0) is 0 Å². The second-order valence-corrected chi connectivity index (χ2v) is 5.04. The van der Waals surface area contributed by atoms with Crippen LogP contribution in [0.2, 0.25) is 0 Å². The highest BCUT2D eigenvalue weighted by Crippen LogP contribution is 2.24. The summed E-state index contributed by atoms with van der Waals surface area (Å²) in [7, 11) is 3.81. The van der Waals surface area contributed by atoms with E-state index in [1.54, 1.807) is 30.3 Å². The number of hydrogen-bond donors (Lipinski definition) is 0. The molecule has 0 aliphatic rings. The molecule has 0 saturated carbocycles. The molecule has 0 radical (unpaired) electrons. The largest absolute Gasteiger partial charge is 0.449 e. The first-order chi connectivity index (χ1) is 10.1. The van der Waals surface area contributed by atoms with Crippen LogP contribution >= 0.6 is 0 Å². The molecular weight excluding hydrogens is 269 g/mol. The van der Waals surface area contributed by atoms with Crippen molar-refractivity contribution in [3.8, 4) is 0 Å². The molecule has 2 aromatic carbocycles. The fraction of sp³-hybridized carbons (Fsp3) is 0.118. The van der Waals surface area contributed by atoms with Crippen molar-refractivity contribution in [2.75, 3.05) is 19.0 Å². The molecule has 0 amide bonds. The first-order valence-electron chi connectivity index (χ1n) is 6.56. The van der Waals surface area contributed by atoms with Crippen molar-refractivity contribution >= 4 is 22.4 Å². The first kappa shape index (κ1) is 13.4. The molecule has 0 fully saturated rings. The Labute approximate surface area is 121 Å². The second kappa shape index (κ2) is 5.05. The van der Waals surface area contributed by atoms with Gasteiger partial charge >= 0.3 is 0 Å². The Balaban J connectivity index is 2.04. The number of nitrogens with zero attached hydrogens (tertiary/aromatic N) is 1. The Kier molecular flexibility index (Phi) is 3.22. The highest BCUT2D eigenvalue weighted by atomic mass is 19.1. The molecule has 1 aromatic heterocycles. The number of carbonyl (C=O) groups excluding carboxylic acids is 1. The summed E-state index contributed by atoms with van der Waals surface area (Å²) >= 11 is 0. The Hall–Kier alpha value is -2.62. The normalized spacial score (nSPS) is 10.8. The predicted octanol–water partition coefficient (Wildman–Crippen LogP) is 3.87. The maximum atomic E-state index is 13.6. The van der Waals surface area contributed by atoms with Crippen LogP contribution < -0.4 is 4.90 Å². The van der Waals surface area contributed by atoms with Gasteiger partial charge in [0.25, 0.3) is 0 Å². The van der Waals surface area contributed by atoms with Crippen molar-refractivity contribution in [3.05, 3.63) is 65.7 Å². The summed E-state index contributed by atoms with van der Waals surface area (Å²) in [6.45, 7) is 0. The zero-order valence-corrected chi connectivity index (χ0v) is 11.8. The number of fused-ring (bicyclic) bond motifs is 1. The Morgan fingerprint density at radius 2 is 1.86 bits per heavy atom. The molecule has 4 heteroatoms. The number of para-hydroxylation sites is 1. The summed E-state index contributed by atoms with van der Waals surface area (Å²) in [4.78, 5) is 14.4. The van der Waals surface area contributed by atoms with Gasteiger partial charge in [-0.1, -0.05) is 24.3 Å². The summed E-state index contributed by atoms with van der Waals surface area (Å²) in [5.41, 5.74) is 1.55. The molecule has 3 aromatic rings. The summed E-state index contributed by atoms with van der Waals surface area (Å²) in [5.74, 6) is -0.575. The van der Waals surface area contributed by atoms with Crippen LogP contribution in [0.3, 0.4) is 0 Å². The average Bonchev–Trinajstić information content (AvgIpc) is 2.92. The van der Waals surface area contributed by atoms with Crippen LogP contribution in [-0.4, -0.2) is 19.9 Å². The summed E-state index contributed by atoms with van der Waals surface area (Å²) in [5, 5.41) is 0.585. The molecule has 1 heterocycles. The zero-order chi connectivity index (χ0) is 15.0. The van der Waals surface area contributed by atoms with Crippen molar-refractivity contribution < 1.29 is 13.6 Å². The highest BCUT2D eigenvalue weighted by molar-refractivity contribution is 6.09. The zero-order valence-electron chi connectivity index (χ0n) is 11.8. The van der Waals surface area contributed by atoms with Gasteiger partial charge in [0, 0.05) is 30.7 Å². The first-order valence-corrected chi connectivity index (χ1v) is 6.56. The van der Waals surface area contributed by atoms with Gasteiger partial charge in [-0.05, 0) is 24.3 Å².